The van der Waals surface area contributed by atoms with E-state index in [9.17, 15) is 10.2 Å². The van der Waals surface area contributed by atoms with Gasteiger partial charge in [0.15, 0.2) is 17.1 Å². The maximum Gasteiger partial charge on any atom is 0.178 e. The summed E-state index contributed by atoms with van der Waals surface area (Å²) < 4.78 is 24.7. The van der Waals surface area contributed by atoms with Crippen molar-refractivity contribution >= 4 is 22.5 Å². The van der Waals surface area contributed by atoms with Crippen molar-refractivity contribution in [1.82, 2.24) is 0 Å². The van der Waals surface area contributed by atoms with Crippen LogP contribution in [0, 0.1) is 0 Å². The van der Waals surface area contributed by atoms with Gasteiger partial charge in [-0.2, -0.15) is 0 Å². The SMILES string of the molecule is COc1cc2c3c(c4c(c2cc1OC)-c1ccccc1C4(CO)CCO)C=CC(c1ccccc1)(c1ccc(N2CCOCC2)cc1)O3. The third-order valence-electron chi connectivity index (χ3n) is 10.4. The lowest BCUT2D eigenvalue weighted by Crippen LogP contribution is -2.37. The molecule has 0 amide bonds. The van der Waals surface area contributed by atoms with Crippen molar-refractivity contribution in [3.63, 3.8) is 0 Å². The normalized spacial score (nSPS) is 21.0. The average molecular weight is 642 g/mol. The van der Waals surface area contributed by atoms with Crippen LogP contribution in [0.3, 0.4) is 0 Å². The van der Waals surface area contributed by atoms with Crippen molar-refractivity contribution in [2.45, 2.75) is 17.4 Å². The molecule has 5 aromatic rings. The molecule has 3 aliphatic rings. The number of aliphatic hydroxyl groups is 2. The smallest absolute Gasteiger partial charge is 0.178 e. The van der Waals surface area contributed by atoms with Gasteiger partial charge in [0.2, 0.25) is 0 Å². The Morgan fingerprint density at radius 2 is 1.46 bits per heavy atom. The number of rotatable bonds is 8. The Kier molecular flexibility index (Phi) is 7.63. The molecule has 8 rings (SSSR count). The third kappa shape index (κ3) is 4.45. The zero-order valence-corrected chi connectivity index (χ0v) is 27.2. The highest BCUT2D eigenvalue weighted by molar-refractivity contribution is 6.09. The van der Waals surface area contributed by atoms with Crippen LogP contribution in [0.1, 0.15) is 34.2 Å². The lowest BCUT2D eigenvalue weighted by atomic mass is 9.73. The monoisotopic (exact) mass is 641 g/mol. The zero-order valence-electron chi connectivity index (χ0n) is 27.2. The van der Waals surface area contributed by atoms with E-state index in [-0.39, 0.29) is 13.2 Å². The van der Waals surface area contributed by atoms with E-state index in [0.29, 0.717) is 23.7 Å². The first-order chi connectivity index (χ1) is 23.6. The van der Waals surface area contributed by atoms with Crippen LogP contribution in [0.15, 0.2) is 97.1 Å². The number of hydrogen-bond donors (Lipinski definition) is 2. The number of morpholine rings is 1. The summed E-state index contributed by atoms with van der Waals surface area (Å²) in [6.07, 6.45) is 4.66. The minimum Gasteiger partial charge on any atom is -0.493 e. The van der Waals surface area contributed by atoms with Crippen molar-refractivity contribution in [2.75, 3.05) is 58.6 Å². The van der Waals surface area contributed by atoms with Gasteiger partial charge in [0.25, 0.3) is 0 Å². The van der Waals surface area contributed by atoms with Crippen molar-refractivity contribution in [1.29, 1.82) is 0 Å². The first-order valence-electron chi connectivity index (χ1n) is 16.5. The molecule has 1 aliphatic carbocycles. The molecule has 0 aromatic heterocycles. The van der Waals surface area contributed by atoms with E-state index in [0.717, 1.165) is 81.7 Å². The van der Waals surface area contributed by atoms with E-state index < -0.39 is 11.0 Å². The second-order valence-corrected chi connectivity index (χ2v) is 12.7. The average Bonchev–Trinajstić information content (AvgIpc) is 3.45. The predicted octanol–water partition coefficient (Wildman–Crippen LogP) is 6.68. The summed E-state index contributed by atoms with van der Waals surface area (Å²) in [6, 6.07) is 31.1. The van der Waals surface area contributed by atoms with Gasteiger partial charge in [-0.1, -0.05) is 72.8 Å². The molecule has 48 heavy (non-hydrogen) atoms. The largest absolute Gasteiger partial charge is 0.493 e. The number of fused-ring (bicyclic) bond motifs is 8. The molecule has 0 bridgehead atoms. The van der Waals surface area contributed by atoms with Crippen LogP contribution in [0.5, 0.6) is 17.2 Å². The molecule has 244 valence electrons. The molecule has 2 heterocycles. The molecule has 2 aliphatic heterocycles. The lowest BCUT2D eigenvalue weighted by Gasteiger charge is -2.39. The molecular weight excluding hydrogens is 602 g/mol. The topological polar surface area (TPSA) is 80.6 Å². The lowest BCUT2D eigenvalue weighted by molar-refractivity contribution is 0.122. The molecule has 0 spiro atoms. The number of methoxy groups -OCH3 is 2. The highest BCUT2D eigenvalue weighted by Crippen LogP contribution is 2.60. The molecule has 2 N–H and O–H groups in total. The fourth-order valence-corrected chi connectivity index (χ4v) is 8.09. The molecule has 2 unspecified atom stereocenters. The first kappa shape index (κ1) is 30.5. The van der Waals surface area contributed by atoms with Gasteiger partial charge in [-0.05, 0) is 64.4 Å². The number of anilines is 1. The van der Waals surface area contributed by atoms with Crippen LogP contribution in [0.4, 0.5) is 5.69 Å². The Morgan fingerprint density at radius 1 is 0.792 bits per heavy atom. The summed E-state index contributed by atoms with van der Waals surface area (Å²) in [6.45, 7) is 2.92. The quantitative estimate of drug-likeness (QED) is 0.196. The van der Waals surface area contributed by atoms with Crippen LogP contribution in [0.25, 0.3) is 28.0 Å². The molecular formula is C41H39NO6. The van der Waals surface area contributed by atoms with Gasteiger partial charge >= 0.3 is 0 Å². The van der Waals surface area contributed by atoms with Gasteiger partial charge < -0.3 is 34.1 Å². The predicted molar refractivity (Wildman–Crippen MR) is 188 cm³/mol. The number of ether oxygens (including phenoxy) is 4. The third-order valence-corrected chi connectivity index (χ3v) is 10.4. The van der Waals surface area contributed by atoms with Crippen LogP contribution in [-0.2, 0) is 15.8 Å². The standard InChI is InChI=1S/C41H39NO6/c1-45-35-24-32-33(25-36(35)46-2)39-31(38-37(32)30-10-6-7-11-34(30)40(38,26-44)18-21-43)16-17-41(48-39,27-8-4-3-5-9-27)28-12-14-29(15-13-28)42-19-22-47-23-20-42/h3-17,24-25,43-44H,18-23,26H2,1-2H3. The molecule has 1 fully saturated rings. The zero-order chi connectivity index (χ0) is 32.9. The Labute approximate surface area is 280 Å². The molecule has 1 saturated heterocycles. The van der Waals surface area contributed by atoms with E-state index in [1.165, 1.54) is 0 Å². The molecule has 7 nitrogen and oxygen atoms in total. The van der Waals surface area contributed by atoms with Crippen LogP contribution in [-0.4, -0.2) is 63.9 Å². The highest BCUT2D eigenvalue weighted by Gasteiger charge is 2.48. The van der Waals surface area contributed by atoms with Gasteiger partial charge in [-0.15, -0.1) is 0 Å². The number of hydrogen-bond acceptors (Lipinski definition) is 7. The Bertz CT molecular complexity index is 2020. The molecule has 0 saturated carbocycles. The molecule has 2 atom stereocenters. The Morgan fingerprint density at radius 3 is 2.15 bits per heavy atom. The first-order valence-corrected chi connectivity index (χ1v) is 16.5. The van der Waals surface area contributed by atoms with Gasteiger partial charge in [0.05, 0.1) is 34.0 Å². The van der Waals surface area contributed by atoms with E-state index in [2.05, 4.69) is 65.6 Å². The summed E-state index contributed by atoms with van der Waals surface area (Å²) in [7, 11) is 3.28. The Hall–Kier alpha value is -4.82. The van der Waals surface area contributed by atoms with Gasteiger partial charge in [-0.3, -0.25) is 0 Å². The minimum absolute atomic E-state index is 0.0822. The number of benzene rings is 5. The summed E-state index contributed by atoms with van der Waals surface area (Å²) in [5.41, 5.74) is 6.24. The maximum absolute atomic E-state index is 11.3. The molecule has 7 heteroatoms. The highest BCUT2D eigenvalue weighted by atomic mass is 16.5. The van der Waals surface area contributed by atoms with E-state index in [4.69, 9.17) is 18.9 Å². The van der Waals surface area contributed by atoms with Crippen molar-refractivity contribution in [3.05, 3.63) is 125 Å². The number of aliphatic hydroxyl groups excluding tert-OH is 2. The van der Waals surface area contributed by atoms with Gasteiger partial charge in [0, 0.05) is 52.9 Å². The second kappa shape index (κ2) is 12.0. The molecule has 0 radical (unpaired) electrons. The summed E-state index contributed by atoms with van der Waals surface area (Å²) in [4.78, 5) is 2.35. The fourth-order valence-electron chi connectivity index (χ4n) is 8.09. The van der Waals surface area contributed by atoms with Crippen LogP contribution >= 0.6 is 0 Å². The maximum atomic E-state index is 11.3. The van der Waals surface area contributed by atoms with Gasteiger partial charge in [0.1, 0.15) is 5.75 Å². The van der Waals surface area contributed by atoms with E-state index >= 15 is 0 Å². The van der Waals surface area contributed by atoms with E-state index in [1.54, 1.807) is 14.2 Å². The van der Waals surface area contributed by atoms with Crippen LogP contribution < -0.4 is 19.1 Å². The van der Waals surface area contributed by atoms with Crippen molar-refractivity contribution < 1.29 is 29.2 Å². The summed E-state index contributed by atoms with van der Waals surface area (Å²) >= 11 is 0. The molecule has 5 aromatic carbocycles. The van der Waals surface area contributed by atoms with E-state index in [1.807, 2.05) is 42.5 Å². The Balaban J connectivity index is 1.41. The summed E-state index contributed by atoms with van der Waals surface area (Å²) in [5.74, 6) is 1.89. The van der Waals surface area contributed by atoms with Gasteiger partial charge in [-0.25, -0.2) is 0 Å². The second-order valence-electron chi connectivity index (χ2n) is 12.7. The minimum atomic E-state index is -0.948. The van der Waals surface area contributed by atoms with Crippen molar-refractivity contribution in [3.8, 4) is 28.4 Å². The fraction of sp³-hybridized carbons (Fsp3) is 0.268. The summed E-state index contributed by atoms with van der Waals surface area (Å²) in [5, 5.41) is 23.5. The number of nitrogens with zero attached hydrogens (tertiary/aromatic N) is 1. The van der Waals surface area contributed by atoms with Crippen LogP contribution in [0.2, 0.25) is 0 Å². The van der Waals surface area contributed by atoms with Crippen molar-refractivity contribution in [2.24, 2.45) is 0 Å².